The van der Waals surface area contributed by atoms with Gasteiger partial charge >= 0.3 is 12.1 Å². The molecule has 1 aliphatic heterocycles. The molecular weight excluding hydrogens is 508 g/mol. The van der Waals surface area contributed by atoms with Crippen LogP contribution in [0.1, 0.15) is 19.4 Å². The van der Waals surface area contributed by atoms with Crippen LogP contribution in [0.15, 0.2) is 48.5 Å². The van der Waals surface area contributed by atoms with Gasteiger partial charge in [-0.05, 0) is 31.5 Å². The van der Waals surface area contributed by atoms with E-state index in [4.69, 9.17) is 4.74 Å². The monoisotopic (exact) mass is 531 g/mol. The Morgan fingerprint density at radius 3 is 2.27 bits per heavy atom. The maximum atomic E-state index is 13.7. The summed E-state index contributed by atoms with van der Waals surface area (Å²) in [6, 6.07) is 10.6. The summed E-state index contributed by atoms with van der Waals surface area (Å²) in [5.41, 5.74) is -1.47. The first-order valence-electron chi connectivity index (χ1n) is 11.0. The van der Waals surface area contributed by atoms with E-state index in [-0.39, 0.29) is 17.9 Å². The van der Waals surface area contributed by atoms with Crippen molar-refractivity contribution in [2.45, 2.75) is 44.5 Å². The average Bonchev–Trinajstić information content (AvgIpc) is 2.93. The summed E-state index contributed by atoms with van der Waals surface area (Å²) in [5.74, 6) is -9.16. The van der Waals surface area contributed by atoms with E-state index in [2.05, 4.69) is 10.6 Å². The van der Waals surface area contributed by atoms with Gasteiger partial charge in [0.2, 0.25) is 11.8 Å². The van der Waals surface area contributed by atoms with E-state index < -0.39 is 59.7 Å². The van der Waals surface area contributed by atoms with E-state index in [0.717, 1.165) is 26.0 Å². The van der Waals surface area contributed by atoms with Crippen molar-refractivity contribution in [3.63, 3.8) is 0 Å². The van der Waals surface area contributed by atoms with Crippen LogP contribution in [0.4, 0.5) is 32.0 Å². The van der Waals surface area contributed by atoms with Crippen LogP contribution in [-0.4, -0.2) is 48.5 Å². The maximum Gasteiger partial charge on any atom is 0.455 e. The van der Waals surface area contributed by atoms with Crippen molar-refractivity contribution in [1.29, 1.82) is 0 Å². The summed E-state index contributed by atoms with van der Waals surface area (Å²) in [6.07, 6.45) is -6.88. The zero-order valence-corrected chi connectivity index (χ0v) is 19.6. The summed E-state index contributed by atoms with van der Waals surface area (Å²) in [4.78, 5) is 38.5. The predicted octanol–water partition coefficient (Wildman–Crippen LogP) is 3.59. The highest BCUT2D eigenvalue weighted by molar-refractivity contribution is 6.07. The molecule has 200 valence electrons. The fraction of sp³-hybridized carbons (Fsp3) is 0.375. The van der Waals surface area contributed by atoms with Crippen molar-refractivity contribution < 1.29 is 45.5 Å². The van der Waals surface area contributed by atoms with E-state index in [1.165, 1.54) is 11.4 Å². The topological polar surface area (TPSA) is 96.5 Å². The second-order valence-electron chi connectivity index (χ2n) is 8.94. The van der Waals surface area contributed by atoms with Gasteiger partial charge in [0.15, 0.2) is 0 Å². The van der Waals surface area contributed by atoms with Crippen molar-refractivity contribution in [3.8, 4) is 5.75 Å². The molecule has 37 heavy (non-hydrogen) atoms. The second-order valence-corrected chi connectivity index (χ2v) is 8.94. The van der Waals surface area contributed by atoms with Crippen LogP contribution in [0, 0.1) is 11.2 Å². The number of benzene rings is 2. The molecule has 2 aromatic rings. The van der Waals surface area contributed by atoms with Crippen LogP contribution >= 0.6 is 0 Å². The fourth-order valence-electron chi connectivity index (χ4n) is 3.41. The highest BCUT2D eigenvalue weighted by Crippen LogP contribution is 2.35. The molecule has 0 aliphatic carbocycles. The van der Waals surface area contributed by atoms with E-state index >= 15 is 0 Å². The van der Waals surface area contributed by atoms with E-state index in [1.54, 1.807) is 30.3 Å². The first-order valence-corrected chi connectivity index (χ1v) is 11.0. The number of rotatable bonds is 7. The summed E-state index contributed by atoms with van der Waals surface area (Å²) >= 11 is 0. The lowest BCUT2D eigenvalue weighted by atomic mass is 9.89. The van der Waals surface area contributed by atoms with Gasteiger partial charge in [-0.2, -0.15) is 22.0 Å². The second kappa shape index (κ2) is 10.3. The van der Waals surface area contributed by atoms with Gasteiger partial charge in [0, 0.05) is 12.5 Å². The zero-order valence-electron chi connectivity index (χ0n) is 19.6. The first-order chi connectivity index (χ1) is 17.1. The Balaban J connectivity index is 1.83. The Hall–Kier alpha value is -3.77. The summed E-state index contributed by atoms with van der Waals surface area (Å²) in [5, 5.41) is 6.21. The van der Waals surface area contributed by atoms with Gasteiger partial charge in [-0.25, -0.2) is 4.39 Å². The third kappa shape index (κ3) is 6.33. The summed E-state index contributed by atoms with van der Waals surface area (Å²) in [6.45, 7) is -0.0824. The van der Waals surface area contributed by atoms with Crippen LogP contribution in [0.3, 0.4) is 0 Å². The highest BCUT2D eigenvalue weighted by atomic mass is 19.4. The van der Waals surface area contributed by atoms with Gasteiger partial charge in [0.1, 0.15) is 29.1 Å². The minimum Gasteiger partial charge on any atom is -0.485 e. The van der Waals surface area contributed by atoms with Crippen molar-refractivity contribution in [2.24, 2.45) is 5.41 Å². The van der Waals surface area contributed by atoms with E-state index in [9.17, 15) is 40.7 Å². The Kier molecular flexibility index (Phi) is 7.75. The van der Waals surface area contributed by atoms with Crippen molar-refractivity contribution in [1.82, 2.24) is 10.6 Å². The number of carbonyl (C=O) groups is 3. The fourth-order valence-corrected chi connectivity index (χ4v) is 3.41. The third-order valence-corrected chi connectivity index (χ3v) is 5.72. The van der Waals surface area contributed by atoms with Crippen LogP contribution in [-0.2, 0) is 20.8 Å². The Morgan fingerprint density at radius 1 is 1.00 bits per heavy atom. The average molecular weight is 531 g/mol. The minimum atomic E-state index is -5.90. The molecule has 0 radical (unpaired) electrons. The molecule has 3 amide bonds. The maximum absolute atomic E-state index is 13.7. The molecule has 0 fully saturated rings. The Bertz CT molecular complexity index is 1170. The number of amides is 3. The van der Waals surface area contributed by atoms with Gasteiger partial charge in [-0.15, -0.1) is 0 Å². The molecule has 3 rings (SSSR count). The van der Waals surface area contributed by atoms with Gasteiger partial charge in [0.25, 0.3) is 5.91 Å². The van der Waals surface area contributed by atoms with Crippen LogP contribution in [0.5, 0.6) is 5.75 Å². The standard InChI is InChI=1S/C24H23F6N3O4/c1-22(2,20(35)31-12-23(26,27)24(28,29)30)21(36)33-18-17(10-13-6-4-3-5-7-13)37-16-9-8-14(25)11-15(16)32-19(18)34/h3-9,11,17-18H,10,12H2,1-2H3,(H,31,35)(H,32,34)(H,33,36). The Labute approximate surface area is 207 Å². The van der Waals surface area contributed by atoms with Crippen LogP contribution in [0.2, 0.25) is 0 Å². The molecule has 3 N–H and O–H groups in total. The summed E-state index contributed by atoms with van der Waals surface area (Å²) < 4.78 is 83.4. The number of hydrogen-bond donors (Lipinski definition) is 3. The lowest BCUT2D eigenvalue weighted by molar-refractivity contribution is -0.278. The number of nitrogens with one attached hydrogen (secondary N) is 3. The molecule has 0 spiro atoms. The highest BCUT2D eigenvalue weighted by Gasteiger charge is 2.57. The third-order valence-electron chi connectivity index (χ3n) is 5.72. The normalized spacial score (nSPS) is 18.1. The summed E-state index contributed by atoms with van der Waals surface area (Å²) in [7, 11) is 0. The van der Waals surface area contributed by atoms with Crippen molar-refractivity contribution in [3.05, 3.63) is 59.9 Å². The molecule has 7 nitrogen and oxygen atoms in total. The molecule has 0 bridgehead atoms. The molecule has 0 saturated heterocycles. The van der Waals surface area contributed by atoms with Gasteiger partial charge in [-0.1, -0.05) is 30.3 Å². The molecule has 2 aromatic carbocycles. The largest absolute Gasteiger partial charge is 0.485 e. The van der Waals surface area contributed by atoms with E-state index in [0.29, 0.717) is 5.56 Å². The zero-order chi connectivity index (χ0) is 27.6. The van der Waals surface area contributed by atoms with Crippen molar-refractivity contribution >= 4 is 23.4 Å². The molecule has 0 saturated carbocycles. The molecule has 1 heterocycles. The quantitative estimate of drug-likeness (QED) is 0.376. The molecule has 2 atom stereocenters. The number of alkyl halides is 5. The number of halogens is 6. The molecule has 13 heteroatoms. The Morgan fingerprint density at radius 2 is 1.65 bits per heavy atom. The smallest absolute Gasteiger partial charge is 0.455 e. The van der Waals surface area contributed by atoms with Gasteiger partial charge < -0.3 is 20.7 Å². The lowest BCUT2D eigenvalue weighted by Gasteiger charge is -2.30. The van der Waals surface area contributed by atoms with Gasteiger partial charge in [0.05, 0.1) is 12.2 Å². The molecular formula is C24H23F6N3O4. The van der Waals surface area contributed by atoms with E-state index in [1.807, 2.05) is 0 Å². The number of anilines is 1. The molecule has 1 aliphatic rings. The number of hydrogen-bond acceptors (Lipinski definition) is 4. The lowest BCUT2D eigenvalue weighted by Crippen LogP contribution is -2.58. The molecule has 0 aromatic heterocycles. The minimum absolute atomic E-state index is 0.00815. The number of ether oxygens (including phenoxy) is 1. The van der Waals surface area contributed by atoms with Gasteiger partial charge in [-0.3, -0.25) is 14.4 Å². The number of carbonyl (C=O) groups excluding carboxylic acids is 3. The first kappa shape index (κ1) is 27.8. The van der Waals surface area contributed by atoms with Crippen molar-refractivity contribution in [2.75, 3.05) is 11.9 Å². The molecule has 2 unspecified atom stereocenters. The number of fused-ring (bicyclic) bond motifs is 1. The predicted molar refractivity (Wildman–Crippen MR) is 119 cm³/mol. The van der Waals surface area contributed by atoms with Crippen LogP contribution < -0.4 is 20.7 Å². The van der Waals surface area contributed by atoms with Crippen LogP contribution in [0.25, 0.3) is 0 Å². The SMILES string of the molecule is CC(C)(C(=O)NCC(F)(F)C(F)(F)F)C(=O)NC1C(=O)Nc2cc(F)ccc2OC1Cc1ccccc1.